The maximum absolute atomic E-state index is 12.1. The maximum Gasteiger partial charge on any atom is 0.222 e. The van der Waals surface area contributed by atoms with E-state index in [-0.39, 0.29) is 5.91 Å². The van der Waals surface area contributed by atoms with Gasteiger partial charge in [-0.2, -0.15) is 5.26 Å². The summed E-state index contributed by atoms with van der Waals surface area (Å²) in [5.74, 6) is 0.689. The topological polar surface area (TPSA) is 44.1 Å². The number of rotatable bonds is 12. The molecule has 0 bridgehead atoms. The minimum Gasteiger partial charge on any atom is -0.341 e. The van der Waals surface area contributed by atoms with Crippen LogP contribution < -0.4 is 0 Å². The van der Waals surface area contributed by atoms with Crippen LogP contribution in [0.2, 0.25) is 0 Å². The van der Waals surface area contributed by atoms with Crippen LogP contribution in [0, 0.1) is 17.2 Å². The van der Waals surface area contributed by atoms with Crippen LogP contribution in [0.3, 0.4) is 0 Å². The summed E-state index contributed by atoms with van der Waals surface area (Å²) in [4.78, 5) is 14.0. The summed E-state index contributed by atoms with van der Waals surface area (Å²) in [7, 11) is 0. The lowest BCUT2D eigenvalue weighted by Gasteiger charge is -2.23. The number of carbonyl (C=O) groups excluding carboxylic acids is 1. The normalized spacial score (nSPS) is 10.6. The lowest BCUT2D eigenvalue weighted by Crippen LogP contribution is -2.34. The van der Waals surface area contributed by atoms with Gasteiger partial charge >= 0.3 is 0 Å². The third-order valence-electron chi connectivity index (χ3n) is 3.43. The average Bonchev–Trinajstić information content (AvgIpc) is 2.41. The fourth-order valence-electron chi connectivity index (χ4n) is 2.33. The third kappa shape index (κ3) is 10.8. The van der Waals surface area contributed by atoms with E-state index in [4.69, 9.17) is 5.26 Å². The Bertz CT molecular complexity index is 281. The van der Waals surface area contributed by atoms with Crippen LogP contribution in [0.1, 0.15) is 78.6 Å². The molecule has 0 aliphatic rings. The molecule has 0 aromatic carbocycles. The lowest BCUT2D eigenvalue weighted by atomic mass is 10.1. The Kier molecular flexibility index (Phi) is 12.3. The van der Waals surface area contributed by atoms with Crippen LogP contribution in [-0.2, 0) is 4.79 Å². The Hall–Kier alpha value is -1.04. The standard InChI is InChI=1S/C17H32N2O/c1-4-5-6-7-8-9-10-12-17(20)19(14-11-13-18)15-16(2)3/h16H,4-12,14-15H2,1-3H3. The van der Waals surface area contributed by atoms with Gasteiger partial charge in [-0.25, -0.2) is 0 Å². The van der Waals surface area contributed by atoms with Gasteiger partial charge in [-0.3, -0.25) is 4.79 Å². The first-order chi connectivity index (χ1) is 9.61. The van der Waals surface area contributed by atoms with Gasteiger partial charge in [-0.15, -0.1) is 0 Å². The zero-order chi connectivity index (χ0) is 15.2. The fraction of sp³-hybridized carbons (Fsp3) is 0.882. The van der Waals surface area contributed by atoms with Gasteiger partial charge in [0.1, 0.15) is 0 Å². The van der Waals surface area contributed by atoms with E-state index in [1.807, 2.05) is 4.90 Å². The van der Waals surface area contributed by atoms with Crippen molar-refractivity contribution >= 4 is 5.91 Å². The van der Waals surface area contributed by atoms with Crippen molar-refractivity contribution < 1.29 is 4.79 Å². The molecular formula is C17H32N2O. The predicted molar refractivity (Wildman–Crippen MR) is 84.3 cm³/mol. The fourth-order valence-corrected chi connectivity index (χ4v) is 2.33. The number of hydrogen-bond donors (Lipinski definition) is 0. The van der Waals surface area contributed by atoms with Gasteiger partial charge in [-0.05, 0) is 12.3 Å². The molecular weight excluding hydrogens is 248 g/mol. The summed E-state index contributed by atoms with van der Waals surface area (Å²) >= 11 is 0. The van der Waals surface area contributed by atoms with E-state index in [0.717, 1.165) is 19.4 Å². The summed E-state index contributed by atoms with van der Waals surface area (Å²) in [6, 6.07) is 2.13. The quantitative estimate of drug-likeness (QED) is 0.493. The maximum atomic E-state index is 12.1. The third-order valence-corrected chi connectivity index (χ3v) is 3.43. The molecule has 0 rings (SSSR count). The van der Waals surface area contributed by atoms with E-state index in [9.17, 15) is 4.79 Å². The zero-order valence-electron chi connectivity index (χ0n) is 13.7. The monoisotopic (exact) mass is 280 g/mol. The Morgan fingerprint density at radius 1 is 1.10 bits per heavy atom. The van der Waals surface area contributed by atoms with E-state index in [1.165, 1.54) is 32.1 Å². The number of amides is 1. The Labute approximate surface area is 125 Å². The van der Waals surface area contributed by atoms with Crippen molar-refractivity contribution in [3.05, 3.63) is 0 Å². The zero-order valence-corrected chi connectivity index (χ0v) is 13.7. The summed E-state index contributed by atoms with van der Waals surface area (Å²) in [6.45, 7) is 7.81. The average molecular weight is 280 g/mol. The first kappa shape index (κ1) is 19.0. The van der Waals surface area contributed by atoms with Gasteiger partial charge in [-0.1, -0.05) is 59.3 Å². The van der Waals surface area contributed by atoms with E-state index in [2.05, 4.69) is 26.8 Å². The first-order valence-corrected chi connectivity index (χ1v) is 8.26. The summed E-state index contributed by atoms with van der Waals surface area (Å²) in [6.07, 6.45) is 9.71. The molecule has 0 fully saturated rings. The van der Waals surface area contributed by atoms with Gasteiger partial charge in [0.2, 0.25) is 5.91 Å². The van der Waals surface area contributed by atoms with E-state index in [1.54, 1.807) is 0 Å². The van der Waals surface area contributed by atoms with Crippen molar-refractivity contribution in [1.29, 1.82) is 5.26 Å². The molecule has 0 aromatic heterocycles. The number of hydrogen-bond acceptors (Lipinski definition) is 2. The minimum absolute atomic E-state index is 0.225. The van der Waals surface area contributed by atoms with E-state index < -0.39 is 0 Å². The lowest BCUT2D eigenvalue weighted by molar-refractivity contribution is -0.131. The van der Waals surface area contributed by atoms with Crippen molar-refractivity contribution in [2.45, 2.75) is 78.6 Å². The van der Waals surface area contributed by atoms with Crippen LogP contribution in [0.15, 0.2) is 0 Å². The van der Waals surface area contributed by atoms with Crippen LogP contribution >= 0.6 is 0 Å². The second-order valence-electron chi connectivity index (χ2n) is 6.01. The smallest absolute Gasteiger partial charge is 0.222 e. The molecule has 3 nitrogen and oxygen atoms in total. The summed E-state index contributed by atoms with van der Waals surface area (Å²) < 4.78 is 0. The molecule has 0 atom stereocenters. The molecule has 116 valence electrons. The van der Waals surface area contributed by atoms with Crippen molar-refractivity contribution in [1.82, 2.24) is 4.90 Å². The molecule has 0 aliphatic carbocycles. The Morgan fingerprint density at radius 3 is 2.25 bits per heavy atom. The molecule has 20 heavy (non-hydrogen) atoms. The predicted octanol–water partition coefficient (Wildman–Crippen LogP) is 4.53. The Morgan fingerprint density at radius 2 is 1.70 bits per heavy atom. The molecule has 0 spiro atoms. The van der Waals surface area contributed by atoms with Crippen LogP contribution in [-0.4, -0.2) is 23.9 Å². The molecule has 0 N–H and O–H groups in total. The highest BCUT2D eigenvalue weighted by atomic mass is 16.2. The van der Waals surface area contributed by atoms with Crippen LogP contribution in [0.25, 0.3) is 0 Å². The van der Waals surface area contributed by atoms with Crippen molar-refractivity contribution in [3.8, 4) is 6.07 Å². The van der Waals surface area contributed by atoms with Gasteiger partial charge in [0.25, 0.3) is 0 Å². The molecule has 3 heteroatoms. The molecule has 0 aliphatic heterocycles. The molecule has 1 amide bonds. The molecule has 0 saturated carbocycles. The van der Waals surface area contributed by atoms with Gasteiger partial charge in [0.15, 0.2) is 0 Å². The first-order valence-electron chi connectivity index (χ1n) is 8.26. The van der Waals surface area contributed by atoms with Crippen LogP contribution in [0.5, 0.6) is 0 Å². The highest BCUT2D eigenvalue weighted by molar-refractivity contribution is 5.76. The van der Waals surface area contributed by atoms with E-state index >= 15 is 0 Å². The largest absolute Gasteiger partial charge is 0.341 e. The molecule has 0 aromatic rings. The minimum atomic E-state index is 0.225. The Balaban J connectivity index is 3.80. The number of carbonyl (C=O) groups is 1. The highest BCUT2D eigenvalue weighted by Gasteiger charge is 2.13. The second kappa shape index (κ2) is 13.0. The van der Waals surface area contributed by atoms with Gasteiger partial charge in [0, 0.05) is 19.5 Å². The number of nitriles is 1. The van der Waals surface area contributed by atoms with Crippen molar-refractivity contribution in [2.75, 3.05) is 13.1 Å². The summed E-state index contributed by atoms with van der Waals surface area (Å²) in [5.41, 5.74) is 0. The van der Waals surface area contributed by atoms with Gasteiger partial charge in [0.05, 0.1) is 12.5 Å². The van der Waals surface area contributed by atoms with Crippen LogP contribution in [0.4, 0.5) is 0 Å². The van der Waals surface area contributed by atoms with Crippen molar-refractivity contribution in [2.24, 2.45) is 5.92 Å². The number of unbranched alkanes of at least 4 members (excludes halogenated alkanes) is 6. The second-order valence-corrected chi connectivity index (χ2v) is 6.01. The number of nitrogens with zero attached hydrogens (tertiary/aromatic N) is 2. The summed E-state index contributed by atoms with van der Waals surface area (Å²) in [5, 5.41) is 8.66. The van der Waals surface area contributed by atoms with E-state index in [0.29, 0.717) is 25.3 Å². The molecule has 0 saturated heterocycles. The molecule has 0 radical (unpaired) electrons. The van der Waals surface area contributed by atoms with Gasteiger partial charge < -0.3 is 4.90 Å². The molecule has 0 heterocycles. The molecule has 0 unspecified atom stereocenters. The highest BCUT2D eigenvalue weighted by Crippen LogP contribution is 2.10. The van der Waals surface area contributed by atoms with Crippen molar-refractivity contribution in [3.63, 3.8) is 0 Å². The SMILES string of the molecule is CCCCCCCCCC(=O)N(CCC#N)CC(C)C.